The number of carbonyl (C=O) groups is 1. The molecule has 102 valence electrons. The number of benzene rings is 1. The van der Waals surface area contributed by atoms with Gasteiger partial charge in [-0.3, -0.25) is 4.79 Å². The van der Waals surface area contributed by atoms with Crippen LogP contribution in [-0.2, 0) is 4.79 Å². The van der Waals surface area contributed by atoms with Crippen LogP contribution in [0.25, 0.3) is 0 Å². The van der Waals surface area contributed by atoms with Crippen molar-refractivity contribution in [1.29, 1.82) is 5.26 Å². The van der Waals surface area contributed by atoms with Crippen LogP contribution in [0.4, 0.5) is 5.69 Å². The van der Waals surface area contributed by atoms with Crippen molar-refractivity contribution in [3.05, 3.63) is 28.8 Å². The van der Waals surface area contributed by atoms with Gasteiger partial charge in [-0.25, -0.2) is 0 Å². The minimum Gasteiger partial charge on any atom is -0.325 e. The molecule has 0 radical (unpaired) electrons. The second-order valence-corrected chi connectivity index (χ2v) is 6.74. The van der Waals surface area contributed by atoms with Crippen LogP contribution < -0.4 is 5.32 Å². The van der Waals surface area contributed by atoms with Gasteiger partial charge in [0.25, 0.3) is 0 Å². The number of halogens is 1. The Bertz CT molecular complexity index is 620. The molecule has 4 rings (SSSR count). The van der Waals surface area contributed by atoms with E-state index in [4.69, 9.17) is 16.9 Å². The van der Waals surface area contributed by atoms with Gasteiger partial charge in [0, 0.05) is 10.9 Å². The molecule has 3 aliphatic rings. The summed E-state index contributed by atoms with van der Waals surface area (Å²) in [5.41, 5.74) is 1.01. The molecular weight excluding hydrogens is 272 g/mol. The first kappa shape index (κ1) is 12.2. The van der Waals surface area contributed by atoms with E-state index in [1.807, 2.05) is 0 Å². The Kier molecular flexibility index (Phi) is 2.59. The molecular formula is C16H15ClN2O. The lowest BCUT2D eigenvalue weighted by molar-refractivity contribution is -0.118. The smallest absolute Gasteiger partial charge is 0.228 e. The topological polar surface area (TPSA) is 52.9 Å². The van der Waals surface area contributed by atoms with E-state index in [1.54, 1.807) is 18.2 Å². The van der Waals surface area contributed by atoms with Gasteiger partial charge in [-0.1, -0.05) is 11.6 Å². The molecule has 0 spiro atoms. The maximum Gasteiger partial charge on any atom is 0.228 e. The SMILES string of the molecule is N#Cc1ccc(Cl)cc1NC(=O)C1C2C3CCC(C3)C12. The quantitative estimate of drug-likeness (QED) is 0.905. The number of amides is 1. The van der Waals surface area contributed by atoms with E-state index in [1.165, 1.54) is 19.3 Å². The first-order chi connectivity index (χ1) is 9.69. The highest BCUT2D eigenvalue weighted by molar-refractivity contribution is 6.31. The van der Waals surface area contributed by atoms with E-state index < -0.39 is 0 Å². The van der Waals surface area contributed by atoms with Crippen LogP contribution in [0, 0.1) is 40.9 Å². The van der Waals surface area contributed by atoms with Crippen molar-refractivity contribution in [2.24, 2.45) is 29.6 Å². The summed E-state index contributed by atoms with van der Waals surface area (Å²) >= 11 is 5.94. The van der Waals surface area contributed by atoms with E-state index >= 15 is 0 Å². The van der Waals surface area contributed by atoms with Gasteiger partial charge in [0.05, 0.1) is 11.3 Å². The highest BCUT2D eigenvalue weighted by Gasteiger charge is 2.67. The molecule has 20 heavy (non-hydrogen) atoms. The summed E-state index contributed by atoms with van der Waals surface area (Å²) in [7, 11) is 0. The van der Waals surface area contributed by atoms with Crippen LogP contribution >= 0.6 is 11.6 Å². The zero-order valence-electron chi connectivity index (χ0n) is 11.0. The molecule has 0 heterocycles. The van der Waals surface area contributed by atoms with E-state index in [9.17, 15) is 4.79 Å². The number of hydrogen-bond donors (Lipinski definition) is 1. The van der Waals surface area contributed by atoms with Crippen LogP contribution in [-0.4, -0.2) is 5.91 Å². The molecule has 1 aromatic carbocycles. The molecule has 0 aromatic heterocycles. The second kappa shape index (κ2) is 4.23. The number of anilines is 1. The van der Waals surface area contributed by atoms with Crippen molar-refractivity contribution in [2.45, 2.75) is 19.3 Å². The van der Waals surface area contributed by atoms with Gasteiger partial charge in [-0.2, -0.15) is 5.26 Å². The van der Waals surface area contributed by atoms with Crippen molar-refractivity contribution >= 4 is 23.2 Å². The number of rotatable bonds is 2. The first-order valence-corrected chi connectivity index (χ1v) is 7.57. The number of fused-ring (bicyclic) bond motifs is 5. The summed E-state index contributed by atoms with van der Waals surface area (Å²) in [6, 6.07) is 7.07. The summed E-state index contributed by atoms with van der Waals surface area (Å²) in [6.07, 6.45) is 3.94. The van der Waals surface area contributed by atoms with Crippen molar-refractivity contribution in [1.82, 2.24) is 0 Å². The molecule has 0 aliphatic heterocycles. The number of hydrogen-bond acceptors (Lipinski definition) is 2. The minimum absolute atomic E-state index is 0.0790. The average Bonchev–Trinajstić information content (AvgIpc) is 2.88. The van der Waals surface area contributed by atoms with Gasteiger partial charge in [0.15, 0.2) is 0 Å². The Morgan fingerprint density at radius 1 is 1.30 bits per heavy atom. The second-order valence-electron chi connectivity index (χ2n) is 6.30. The van der Waals surface area contributed by atoms with Crippen LogP contribution in [0.3, 0.4) is 0 Å². The normalized spacial score (nSPS) is 36.3. The molecule has 4 atom stereocenters. The van der Waals surface area contributed by atoms with Crippen molar-refractivity contribution in [2.75, 3.05) is 5.32 Å². The molecule has 0 saturated heterocycles. The summed E-state index contributed by atoms with van der Waals surface area (Å²) in [6.45, 7) is 0. The summed E-state index contributed by atoms with van der Waals surface area (Å²) in [5, 5.41) is 12.5. The van der Waals surface area contributed by atoms with E-state index in [0.717, 1.165) is 11.8 Å². The van der Waals surface area contributed by atoms with Gasteiger partial charge in [0.2, 0.25) is 5.91 Å². The zero-order chi connectivity index (χ0) is 13.9. The van der Waals surface area contributed by atoms with E-state index in [0.29, 0.717) is 28.1 Å². The summed E-state index contributed by atoms with van der Waals surface area (Å²) in [5.74, 6) is 3.02. The minimum atomic E-state index is 0.0790. The first-order valence-electron chi connectivity index (χ1n) is 7.19. The average molecular weight is 287 g/mol. The number of carbonyl (C=O) groups excluding carboxylic acids is 1. The molecule has 1 N–H and O–H groups in total. The number of nitrogens with zero attached hydrogens (tertiary/aromatic N) is 1. The number of nitriles is 1. The Morgan fingerprint density at radius 3 is 2.65 bits per heavy atom. The predicted octanol–water partition coefficient (Wildman–Crippen LogP) is 3.44. The molecule has 3 nitrogen and oxygen atoms in total. The molecule has 4 unspecified atom stereocenters. The molecule has 3 aliphatic carbocycles. The number of nitrogens with one attached hydrogen (secondary N) is 1. The molecule has 1 amide bonds. The lowest BCUT2D eigenvalue weighted by Crippen LogP contribution is -2.19. The van der Waals surface area contributed by atoms with Crippen molar-refractivity contribution in [3.8, 4) is 6.07 Å². The predicted molar refractivity (Wildman–Crippen MR) is 76.1 cm³/mol. The maximum atomic E-state index is 12.4. The maximum absolute atomic E-state index is 12.4. The molecule has 3 fully saturated rings. The van der Waals surface area contributed by atoms with Crippen molar-refractivity contribution < 1.29 is 4.79 Å². The third-order valence-corrected chi connectivity index (χ3v) is 5.63. The van der Waals surface area contributed by atoms with E-state index in [-0.39, 0.29) is 11.8 Å². The fraction of sp³-hybridized carbons (Fsp3) is 0.500. The van der Waals surface area contributed by atoms with Gasteiger partial charge in [-0.15, -0.1) is 0 Å². The Labute approximate surface area is 122 Å². The zero-order valence-corrected chi connectivity index (χ0v) is 11.7. The monoisotopic (exact) mass is 286 g/mol. The van der Waals surface area contributed by atoms with Crippen LogP contribution in [0.1, 0.15) is 24.8 Å². The van der Waals surface area contributed by atoms with Crippen molar-refractivity contribution in [3.63, 3.8) is 0 Å². The van der Waals surface area contributed by atoms with Gasteiger partial charge < -0.3 is 5.32 Å². The third kappa shape index (κ3) is 1.68. The lowest BCUT2D eigenvalue weighted by Gasteiger charge is -2.11. The summed E-state index contributed by atoms with van der Waals surface area (Å²) in [4.78, 5) is 12.4. The Morgan fingerprint density at radius 2 is 2.00 bits per heavy atom. The van der Waals surface area contributed by atoms with Gasteiger partial charge in [-0.05, 0) is 61.1 Å². The molecule has 2 bridgehead atoms. The standard InChI is InChI=1S/C16H15ClN2O/c17-11-4-3-10(7-18)12(6-11)19-16(20)15-13-8-1-2-9(5-8)14(13)15/h3-4,6,8-9,13-15H,1-2,5H2,(H,19,20). The van der Waals surface area contributed by atoms with E-state index in [2.05, 4.69) is 11.4 Å². The fourth-order valence-corrected chi connectivity index (χ4v) is 4.78. The highest BCUT2D eigenvalue weighted by Crippen LogP contribution is 2.69. The van der Waals surface area contributed by atoms with Crippen LogP contribution in [0.5, 0.6) is 0 Å². The lowest BCUT2D eigenvalue weighted by atomic mass is 10.0. The summed E-state index contributed by atoms with van der Waals surface area (Å²) < 4.78 is 0. The molecule has 3 saturated carbocycles. The van der Waals surface area contributed by atoms with Crippen LogP contribution in [0.15, 0.2) is 18.2 Å². The van der Waals surface area contributed by atoms with Gasteiger partial charge in [0.1, 0.15) is 6.07 Å². The van der Waals surface area contributed by atoms with Gasteiger partial charge >= 0.3 is 0 Å². The largest absolute Gasteiger partial charge is 0.325 e. The Hall–Kier alpha value is -1.53. The third-order valence-electron chi connectivity index (χ3n) is 5.40. The fourth-order valence-electron chi connectivity index (χ4n) is 4.61. The Balaban J connectivity index is 1.52. The van der Waals surface area contributed by atoms with Crippen LogP contribution in [0.2, 0.25) is 5.02 Å². The molecule has 1 aromatic rings. The highest BCUT2D eigenvalue weighted by atomic mass is 35.5. The molecule has 4 heteroatoms.